The molecule has 2 unspecified atom stereocenters. The summed E-state index contributed by atoms with van der Waals surface area (Å²) in [5, 5.41) is 53.5. The normalized spacial score (nSPS) is 14.6. The Kier molecular flexibility index (Phi) is 27.7. The van der Waals surface area contributed by atoms with Crippen LogP contribution in [0.5, 0.6) is 23.4 Å². The van der Waals surface area contributed by atoms with Gasteiger partial charge in [-0.05, 0) is 94.8 Å². The van der Waals surface area contributed by atoms with E-state index in [1.165, 1.54) is 44.2 Å². The molecule has 8 N–H and O–H groups in total. The van der Waals surface area contributed by atoms with E-state index in [-0.39, 0.29) is 121 Å². The summed E-state index contributed by atoms with van der Waals surface area (Å²) in [7, 11) is 6.30. The Labute approximate surface area is 752 Å². The molecule has 0 bridgehead atoms. The first-order chi connectivity index (χ1) is 62.4. The van der Waals surface area contributed by atoms with Gasteiger partial charge in [-0.1, -0.05) is 129 Å². The number of amides is 8. The highest BCUT2D eigenvalue weighted by Crippen LogP contribution is 2.42. The number of nitrogens with one attached hydrogen (secondary N) is 8. The SMILES string of the molecule is CCC1Oc2nc(-c3nnn(C)c3NC(=O)O[C@H](C)c3cccnc3Cl)ccc2NC1=O.C[C@@H](OC(=O)Nc1c(-c2cc(F)c3c(c2)OCC(=O)N3)nnn1C)c1cccnc1Cl.C[C@@H](OC(=O)Nc1c(-c2ccc3c(n2)OC(c2ccccc2)C(=O)N3)nnn1C)c1cccnc1Cl.C[C@@H](OC(=O)Nc1c(-c2nc3c(cc2F)NC(=O)CO3)nnn1C)c1cccnc1Cl. The number of fused-ring (bicyclic) bond motifs is 4. The highest BCUT2D eigenvalue weighted by atomic mass is 35.5. The van der Waals surface area contributed by atoms with Gasteiger partial charge in [-0.3, -0.25) is 40.4 Å². The summed E-state index contributed by atoms with van der Waals surface area (Å²) in [6, 6.07) is 33.0. The molecule has 0 spiro atoms. The zero-order chi connectivity index (χ0) is 92.3. The van der Waals surface area contributed by atoms with Gasteiger partial charge in [-0.2, -0.15) is 0 Å². The van der Waals surface area contributed by atoms with Gasteiger partial charge in [0.15, 0.2) is 71.3 Å². The third-order valence-corrected chi connectivity index (χ3v) is 20.4. The zero-order valence-electron chi connectivity index (χ0n) is 69.2. The largest absolute Gasteiger partial charge is 0.481 e. The predicted octanol–water partition coefficient (Wildman–Crippen LogP) is 13.7. The van der Waals surface area contributed by atoms with Gasteiger partial charge in [-0.25, -0.2) is 81.6 Å². The number of hydrogen-bond acceptors (Lipinski definition) is 31. The Balaban J connectivity index is 0.000000140. The molecule has 4 aliphatic heterocycles. The van der Waals surface area contributed by atoms with E-state index in [1.807, 2.05) is 25.1 Å². The molecule has 0 saturated heterocycles. The number of anilines is 8. The maximum atomic E-state index is 14.7. The van der Waals surface area contributed by atoms with Gasteiger partial charge in [0, 0.05) is 92.4 Å². The lowest BCUT2D eigenvalue weighted by Crippen LogP contribution is -2.36. The van der Waals surface area contributed by atoms with Crippen LogP contribution in [0.1, 0.15) is 99.4 Å². The Bertz CT molecular complexity index is 6530. The zero-order valence-corrected chi connectivity index (χ0v) is 72.3. The van der Waals surface area contributed by atoms with Crippen LogP contribution in [-0.4, -0.2) is 162 Å². The van der Waals surface area contributed by atoms with Crippen molar-refractivity contribution in [3.8, 4) is 68.8 Å². The van der Waals surface area contributed by atoms with Crippen LogP contribution in [0.4, 0.5) is 74.0 Å². The van der Waals surface area contributed by atoms with E-state index in [9.17, 15) is 47.1 Å². The van der Waals surface area contributed by atoms with E-state index in [2.05, 4.69) is 119 Å². The second-order valence-electron chi connectivity index (χ2n) is 28.0. The molecule has 11 aromatic heterocycles. The van der Waals surface area contributed by atoms with Gasteiger partial charge < -0.3 is 59.2 Å². The molecule has 0 aliphatic carbocycles. The van der Waals surface area contributed by atoms with Gasteiger partial charge in [0.1, 0.15) is 84.9 Å². The fourth-order valence-electron chi connectivity index (χ4n) is 12.7. The lowest BCUT2D eigenvalue weighted by molar-refractivity contribution is -0.124. The van der Waals surface area contributed by atoms with Crippen molar-refractivity contribution in [3.05, 3.63) is 206 Å². The monoisotopic (exact) mass is 1860 g/mol. The van der Waals surface area contributed by atoms with E-state index in [0.29, 0.717) is 74.0 Å². The molecule has 2 aromatic carbocycles. The Morgan fingerprint density at radius 3 is 1.31 bits per heavy atom. The van der Waals surface area contributed by atoms with Crippen LogP contribution in [0.3, 0.4) is 0 Å². The molecular weight excluding hydrogens is 1790 g/mol. The molecular formula is C81H71Cl4F2N27O16. The van der Waals surface area contributed by atoms with E-state index in [4.69, 9.17) is 84.3 Å². The molecule has 6 atom stereocenters. The summed E-state index contributed by atoms with van der Waals surface area (Å²) in [4.78, 5) is 126. The number of hydrogen-bond donors (Lipinski definition) is 8. The molecule has 4 aliphatic rings. The Morgan fingerprint density at radius 2 is 0.854 bits per heavy atom. The minimum Gasteiger partial charge on any atom is -0.481 e. The number of pyridine rings is 7. The number of ether oxygens (including phenoxy) is 8. The molecule has 0 fully saturated rings. The second kappa shape index (κ2) is 39.8. The first-order valence-electron chi connectivity index (χ1n) is 38.8. The number of benzene rings is 2. The molecule has 17 rings (SSSR count). The number of nitrogens with zero attached hydrogens (tertiary/aromatic N) is 19. The number of halogens is 6. The molecule has 668 valence electrons. The molecule has 15 heterocycles. The van der Waals surface area contributed by atoms with Crippen molar-refractivity contribution < 1.29 is 85.0 Å². The minimum atomic E-state index is -0.850. The predicted molar refractivity (Wildman–Crippen MR) is 460 cm³/mol. The molecule has 0 saturated carbocycles. The lowest BCUT2D eigenvalue weighted by Gasteiger charge is -2.25. The first-order valence-corrected chi connectivity index (χ1v) is 40.3. The number of carbonyl (C=O) groups is 8. The van der Waals surface area contributed by atoms with E-state index < -0.39 is 84.4 Å². The van der Waals surface area contributed by atoms with Crippen molar-refractivity contribution in [2.24, 2.45) is 28.2 Å². The van der Waals surface area contributed by atoms with Gasteiger partial charge in [0.2, 0.25) is 23.7 Å². The Morgan fingerprint density at radius 1 is 0.446 bits per heavy atom. The summed E-state index contributed by atoms with van der Waals surface area (Å²) in [6.07, 6.45) is -0.596. The molecule has 43 nitrogen and oxygen atoms in total. The summed E-state index contributed by atoms with van der Waals surface area (Å²) >= 11 is 24.2. The third-order valence-electron chi connectivity index (χ3n) is 19.2. The van der Waals surface area contributed by atoms with E-state index in [1.54, 1.807) is 146 Å². The highest BCUT2D eigenvalue weighted by molar-refractivity contribution is 6.31. The van der Waals surface area contributed by atoms with Gasteiger partial charge in [0.25, 0.3) is 23.6 Å². The van der Waals surface area contributed by atoms with Crippen LogP contribution < -0.4 is 61.5 Å². The summed E-state index contributed by atoms with van der Waals surface area (Å²) in [5.74, 6) is -1.48. The maximum Gasteiger partial charge on any atom is 0.413 e. The van der Waals surface area contributed by atoms with Gasteiger partial charge in [-0.15, -0.1) is 20.4 Å². The second-order valence-corrected chi connectivity index (χ2v) is 29.5. The summed E-state index contributed by atoms with van der Waals surface area (Å²) in [6.45, 7) is 8.00. The van der Waals surface area contributed by atoms with Crippen molar-refractivity contribution in [1.82, 2.24) is 94.9 Å². The molecule has 0 radical (unpaired) electrons. The number of aromatic nitrogens is 19. The van der Waals surface area contributed by atoms with Crippen LogP contribution >= 0.6 is 46.4 Å². The van der Waals surface area contributed by atoms with Gasteiger partial charge in [0.05, 0.1) is 11.4 Å². The molecule has 13 aromatic rings. The quantitative estimate of drug-likeness (QED) is 0.0292. The fourth-order valence-corrected chi connectivity index (χ4v) is 13.8. The van der Waals surface area contributed by atoms with Crippen LogP contribution in [0.2, 0.25) is 20.6 Å². The van der Waals surface area contributed by atoms with Crippen LogP contribution in [0.15, 0.2) is 146 Å². The van der Waals surface area contributed by atoms with Crippen molar-refractivity contribution in [2.45, 2.75) is 77.7 Å². The van der Waals surface area contributed by atoms with Crippen molar-refractivity contribution >= 4 is 140 Å². The highest BCUT2D eigenvalue weighted by Gasteiger charge is 2.35. The lowest BCUT2D eigenvalue weighted by atomic mass is 10.1. The average Bonchev–Trinajstić information content (AvgIpc) is 1.42. The number of aryl methyl sites for hydroxylation is 4. The summed E-state index contributed by atoms with van der Waals surface area (Å²) < 4.78 is 78.2. The van der Waals surface area contributed by atoms with Crippen LogP contribution in [0.25, 0.3) is 45.4 Å². The number of carbonyl (C=O) groups excluding carboxylic acids is 8. The van der Waals surface area contributed by atoms with E-state index >= 15 is 0 Å². The smallest absolute Gasteiger partial charge is 0.413 e. The minimum absolute atomic E-state index is 0.0232. The van der Waals surface area contributed by atoms with Crippen molar-refractivity contribution in [2.75, 3.05) is 55.7 Å². The standard InChI is InChI=1S/C24H20ClN7O4.C20H20ClN7O4.C19H16ClFN6O4.C18H15ClFN7O4/c1-13(15-9-6-12-26-20(15)25)35-24(34)29-21-18(30-31-32(21)2)16-10-11-17-23(28-16)36-19(22(33)27-17)14-7-4-3-5-8-14;1-4-14-18(29)23-13-8-7-12(24-19(13)32-14)15-17(28(3)27-26-15)25-20(30)31-10(2)11-6-5-9-22-16(11)21;1-9(11-4-3-5-22-17(11)20)31-19(29)24-18-15(25-26-27(18)2)10-6-12(21)16-13(7-10)30-8-14(28)23-16;1-8(9-4-3-5-21-15(9)19)31-18(29)24-16-14(25-26-27(16)2)13-10(20)6-11-17(23-13)30-7-12(28)22-11/h3-13,19H,1-2H3,(H,27,33)(H,29,34);5-10,14H,4H2,1-3H3,(H,23,29)(H,25,30);3-7,9H,8H2,1-2H3,(H,23,28)(H,24,29);3-6,8H,7H2,1-2H3,(H,22,28)(H,24,29)/t13-,19?;10-,14?;9-;8-/m1111/s1. The summed E-state index contributed by atoms with van der Waals surface area (Å²) in [5.41, 5.74) is 5.43. The maximum absolute atomic E-state index is 14.7. The Hall–Kier alpha value is -15.8. The molecule has 8 amide bonds. The van der Waals surface area contributed by atoms with Crippen molar-refractivity contribution in [3.63, 3.8) is 0 Å². The van der Waals surface area contributed by atoms with Crippen LogP contribution in [-0.2, 0) is 66.3 Å². The topological polar surface area (TPSA) is 520 Å². The van der Waals surface area contributed by atoms with Crippen LogP contribution in [0, 0.1) is 11.6 Å². The van der Waals surface area contributed by atoms with Crippen molar-refractivity contribution in [1.29, 1.82) is 0 Å². The van der Waals surface area contributed by atoms with Gasteiger partial charge >= 0.3 is 24.4 Å². The molecule has 130 heavy (non-hydrogen) atoms. The number of rotatable bonds is 18. The third kappa shape index (κ3) is 20.8. The fraction of sp³-hybridized carbons (Fsp3) is 0.222. The average molecular weight is 1860 g/mol. The van der Waals surface area contributed by atoms with E-state index in [0.717, 1.165) is 12.1 Å². The molecule has 49 heteroatoms. The first kappa shape index (κ1) is 90.5.